The molecule has 0 saturated carbocycles. The number of carbonyl (C=O) groups is 1. The van der Waals surface area contributed by atoms with Crippen molar-refractivity contribution >= 4 is 27.5 Å². The van der Waals surface area contributed by atoms with Crippen molar-refractivity contribution in [3.05, 3.63) is 53.4 Å². The lowest BCUT2D eigenvalue weighted by Crippen LogP contribution is -2.30. The zero-order valence-corrected chi connectivity index (χ0v) is 18.0. The normalized spacial score (nSPS) is 17.4. The molecule has 1 fully saturated rings. The number of hydrogen-bond donors (Lipinski definition) is 0. The van der Waals surface area contributed by atoms with Crippen LogP contribution in [-0.4, -0.2) is 39.3 Å². The van der Waals surface area contributed by atoms with Crippen LogP contribution in [0.25, 0.3) is 21.7 Å². The molecule has 0 bridgehead atoms. The smallest absolute Gasteiger partial charge is 0.247 e. The van der Waals surface area contributed by atoms with Gasteiger partial charge in [-0.05, 0) is 43.2 Å². The number of carbonyl (C=O) groups excluding carboxylic acids is 1. The van der Waals surface area contributed by atoms with E-state index < -0.39 is 0 Å². The van der Waals surface area contributed by atoms with Crippen LogP contribution < -0.4 is 9.47 Å². The Morgan fingerprint density at radius 1 is 1.12 bits per heavy atom. The van der Waals surface area contributed by atoms with Crippen LogP contribution >= 0.6 is 11.3 Å². The first-order valence-electron chi connectivity index (χ1n) is 10.6. The molecule has 6 rings (SSSR count). The lowest BCUT2D eigenvalue weighted by molar-refractivity contribution is -0.132. The van der Waals surface area contributed by atoms with Crippen molar-refractivity contribution in [1.82, 2.24) is 20.1 Å². The van der Waals surface area contributed by atoms with Crippen molar-refractivity contribution in [3.63, 3.8) is 0 Å². The maximum Gasteiger partial charge on any atom is 0.247 e. The highest BCUT2D eigenvalue weighted by molar-refractivity contribution is 7.18. The number of amides is 1. The van der Waals surface area contributed by atoms with Crippen molar-refractivity contribution in [2.75, 3.05) is 13.3 Å². The van der Waals surface area contributed by atoms with Crippen LogP contribution in [0.1, 0.15) is 36.2 Å². The minimum absolute atomic E-state index is 0.0479. The lowest BCUT2D eigenvalue weighted by Gasteiger charge is -2.22. The van der Waals surface area contributed by atoms with Crippen LogP contribution in [0.4, 0.5) is 0 Å². The summed E-state index contributed by atoms with van der Waals surface area (Å²) in [4.78, 5) is 19.7. The predicted molar refractivity (Wildman–Crippen MR) is 117 cm³/mol. The van der Waals surface area contributed by atoms with Gasteiger partial charge in [0.25, 0.3) is 0 Å². The largest absolute Gasteiger partial charge is 0.454 e. The molecule has 1 saturated heterocycles. The van der Waals surface area contributed by atoms with E-state index in [9.17, 15) is 4.79 Å². The van der Waals surface area contributed by atoms with E-state index in [0.717, 1.165) is 40.2 Å². The van der Waals surface area contributed by atoms with Gasteiger partial charge in [-0.1, -0.05) is 12.1 Å². The van der Waals surface area contributed by atoms with Gasteiger partial charge in [0.05, 0.1) is 16.3 Å². The van der Waals surface area contributed by atoms with E-state index in [1.807, 2.05) is 41.3 Å². The number of ether oxygens (including phenoxy) is 2. The van der Waals surface area contributed by atoms with Gasteiger partial charge in [-0.3, -0.25) is 4.79 Å². The summed E-state index contributed by atoms with van der Waals surface area (Å²) in [5.74, 6) is 2.30. The molecule has 2 aliphatic rings. The Labute approximate surface area is 187 Å². The molecule has 8 nitrogen and oxygen atoms in total. The molecule has 0 radical (unpaired) electrons. The van der Waals surface area contributed by atoms with Crippen molar-refractivity contribution in [2.45, 2.75) is 31.7 Å². The highest BCUT2D eigenvalue weighted by Gasteiger charge is 2.32. The number of hydrogen-bond acceptors (Lipinski definition) is 8. The molecule has 2 aliphatic heterocycles. The summed E-state index contributed by atoms with van der Waals surface area (Å²) >= 11 is 1.67. The Hall–Kier alpha value is -3.46. The standard InChI is InChI=1S/C23H20N4O4S/c28-21(27-11-3-5-16(27)23-24-15-4-1-2-6-19(15)32-23)10-9-20-25-26-22(31-20)14-7-8-17-18(12-14)30-13-29-17/h1-2,4,6-8,12,16H,3,5,9-11,13H2/t16-/m0/s1. The SMILES string of the molecule is O=C(CCc1nnc(-c2ccc3c(c2)OCO3)o1)N1CCC[C@H]1c1nc2ccccc2s1. The Morgan fingerprint density at radius 2 is 2.03 bits per heavy atom. The molecule has 0 aliphatic carbocycles. The third kappa shape index (κ3) is 3.48. The van der Waals surface area contributed by atoms with Crippen molar-refractivity contribution in [1.29, 1.82) is 0 Å². The van der Waals surface area contributed by atoms with Crippen molar-refractivity contribution in [3.8, 4) is 23.0 Å². The molecule has 0 unspecified atom stereocenters. The number of para-hydroxylation sites is 1. The predicted octanol–water partition coefficient (Wildman–Crippen LogP) is 4.37. The monoisotopic (exact) mass is 448 g/mol. The van der Waals surface area contributed by atoms with Crippen LogP contribution in [0, 0.1) is 0 Å². The molecule has 0 N–H and O–H groups in total. The second-order valence-corrected chi connectivity index (χ2v) is 8.90. The van der Waals surface area contributed by atoms with E-state index in [0.29, 0.717) is 36.1 Å². The molecule has 1 amide bonds. The Kier molecular flexibility index (Phi) is 4.75. The fraction of sp³-hybridized carbons (Fsp3) is 0.304. The zero-order chi connectivity index (χ0) is 21.5. The number of benzene rings is 2. The first-order chi connectivity index (χ1) is 15.7. The summed E-state index contributed by atoms with van der Waals surface area (Å²) in [7, 11) is 0. The van der Waals surface area contributed by atoms with E-state index in [4.69, 9.17) is 18.9 Å². The second kappa shape index (κ2) is 7.90. The summed E-state index contributed by atoms with van der Waals surface area (Å²) in [6.45, 7) is 0.968. The molecule has 9 heteroatoms. The van der Waals surface area contributed by atoms with Crippen LogP contribution in [0.5, 0.6) is 11.5 Å². The molecule has 32 heavy (non-hydrogen) atoms. The van der Waals surface area contributed by atoms with Crippen molar-refractivity contribution < 1.29 is 18.7 Å². The highest BCUT2D eigenvalue weighted by Crippen LogP contribution is 2.37. The number of thiazole rings is 1. The third-order valence-corrected chi connectivity index (χ3v) is 6.95. The van der Waals surface area contributed by atoms with Gasteiger partial charge in [-0.25, -0.2) is 4.98 Å². The Morgan fingerprint density at radius 3 is 2.97 bits per heavy atom. The fourth-order valence-corrected chi connectivity index (χ4v) is 5.33. The summed E-state index contributed by atoms with van der Waals surface area (Å²) < 4.78 is 17.7. The Balaban J connectivity index is 1.13. The molecule has 2 aromatic carbocycles. The van der Waals surface area contributed by atoms with Gasteiger partial charge in [0.1, 0.15) is 5.01 Å². The first kappa shape index (κ1) is 19.2. The molecule has 2 aromatic heterocycles. The summed E-state index contributed by atoms with van der Waals surface area (Å²) in [6, 6.07) is 13.6. The van der Waals surface area contributed by atoms with Gasteiger partial charge in [-0.2, -0.15) is 0 Å². The molecule has 4 aromatic rings. The third-order valence-electron chi connectivity index (χ3n) is 5.81. The number of fused-ring (bicyclic) bond motifs is 2. The number of aryl methyl sites for hydroxylation is 1. The minimum atomic E-state index is 0.0479. The maximum atomic E-state index is 13.0. The molecule has 0 spiro atoms. The topological polar surface area (TPSA) is 90.6 Å². The van der Waals surface area contributed by atoms with Gasteiger partial charge in [0, 0.05) is 24.9 Å². The van der Waals surface area contributed by atoms with Gasteiger partial charge in [0.15, 0.2) is 11.5 Å². The quantitative estimate of drug-likeness (QED) is 0.448. The Bertz CT molecular complexity index is 1270. The molecular formula is C23H20N4O4S. The summed E-state index contributed by atoms with van der Waals surface area (Å²) in [5, 5.41) is 9.26. The first-order valence-corrected chi connectivity index (χ1v) is 11.4. The second-order valence-electron chi connectivity index (χ2n) is 7.83. The maximum absolute atomic E-state index is 13.0. The van der Waals surface area contributed by atoms with Crippen LogP contribution in [0.2, 0.25) is 0 Å². The van der Waals surface area contributed by atoms with E-state index in [1.54, 1.807) is 11.3 Å². The molecule has 162 valence electrons. The van der Waals surface area contributed by atoms with E-state index in [1.165, 1.54) is 0 Å². The number of rotatable bonds is 5. The van der Waals surface area contributed by atoms with E-state index >= 15 is 0 Å². The number of nitrogens with zero attached hydrogens (tertiary/aromatic N) is 4. The number of aromatic nitrogens is 3. The molecule has 1 atom stereocenters. The summed E-state index contributed by atoms with van der Waals surface area (Å²) in [5.41, 5.74) is 1.75. The van der Waals surface area contributed by atoms with Crippen molar-refractivity contribution in [2.24, 2.45) is 0 Å². The number of likely N-dealkylation sites (tertiary alicyclic amines) is 1. The van der Waals surface area contributed by atoms with Crippen LogP contribution in [0.15, 0.2) is 46.9 Å². The molecular weight excluding hydrogens is 428 g/mol. The lowest BCUT2D eigenvalue weighted by atomic mass is 10.2. The van der Waals surface area contributed by atoms with Gasteiger partial charge in [0.2, 0.25) is 24.5 Å². The van der Waals surface area contributed by atoms with Crippen LogP contribution in [0.3, 0.4) is 0 Å². The van der Waals surface area contributed by atoms with Gasteiger partial charge < -0.3 is 18.8 Å². The summed E-state index contributed by atoms with van der Waals surface area (Å²) in [6.07, 6.45) is 2.66. The zero-order valence-electron chi connectivity index (χ0n) is 17.2. The highest BCUT2D eigenvalue weighted by atomic mass is 32.1. The van der Waals surface area contributed by atoms with Gasteiger partial charge in [-0.15, -0.1) is 21.5 Å². The fourth-order valence-electron chi connectivity index (χ4n) is 4.21. The van der Waals surface area contributed by atoms with Crippen LogP contribution in [-0.2, 0) is 11.2 Å². The van der Waals surface area contributed by atoms with E-state index in [-0.39, 0.29) is 18.7 Å². The van der Waals surface area contributed by atoms with E-state index in [2.05, 4.69) is 16.3 Å². The minimum Gasteiger partial charge on any atom is -0.454 e. The van der Waals surface area contributed by atoms with Gasteiger partial charge >= 0.3 is 0 Å². The average molecular weight is 449 g/mol. The average Bonchev–Trinajstić information content (AvgIpc) is 3.60. The molecule has 4 heterocycles.